The number of nitrogens with zero attached hydrogens (tertiary/aromatic N) is 3. The zero-order chi connectivity index (χ0) is 21.8. The van der Waals surface area contributed by atoms with Crippen LogP contribution in [0.25, 0.3) is 10.9 Å². The van der Waals surface area contributed by atoms with Crippen LogP contribution in [0.2, 0.25) is 0 Å². The summed E-state index contributed by atoms with van der Waals surface area (Å²) in [6.45, 7) is 1.38. The minimum absolute atomic E-state index is 0.0963. The summed E-state index contributed by atoms with van der Waals surface area (Å²) in [5, 5.41) is 19.6. The molecule has 0 saturated carbocycles. The molecule has 2 N–H and O–H groups in total. The number of aryl methyl sites for hydroxylation is 1. The van der Waals surface area contributed by atoms with Gasteiger partial charge in [-0.3, -0.25) is 9.80 Å². The number of aromatic hydroxyl groups is 1. The van der Waals surface area contributed by atoms with Crippen LogP contribution in [0.5, 0.6) is 5.75 Å². The molecular weight excluding hydrogens is 384 g/mol. The lowest BCUT2D eigenvalue weighted by Crippen LogP contribution is -2.30. The number of fused-ring (bicyclic) bond motifs is 1. The SMILES string of the molecule is COC(=O)C(=NN(C)c1ccc(NC(C)=O)cc1O)c1cc[n+](C)c2ccccc12. The molecule has 8 heteroatoms. The van der Waals surface area contributed by atoms with Crippen LogP contribution in [0.15, 0.2) is 59.8 Å². The largest absolute Gasteiger partial charge is 0.506 e. The molecule has 0 spiro atoms. The summed E-state index contributed by atoms with van der Waals surface area (Å²) in [7, 11) is 4.83. The highest BCUT2D eigenvalue weighted by Crippen LogP contribution is 2.30. The van der Waals surface area contributed by atoms with Crippen molar-refractivity contribution in [1.82, 2.24) is 0 Å². The van der Waals surface area contributed by atoms with E-state index in [4.69, 9.17) is 4.74 Å². The summed E-state index contributed by atoms with van der Waals surface area (Å²) < 4.78 is 6.91. The smallest absolute Gasteiger partial charge is 0.359 e. The van der Waals surface area contributed by atoms with Gasteiger partial charge in [0.2, 0.25) is 11.4 Å². The quantitative estimate of drug-likeness (QED) is 0.293. The number of hydrogen-bond donors (Lipinski definition) is 2. The first-order valence-corrected chi connectivity index (χ1v) is 9.21. The Morgan fingerprint density at radius 2 is 1.90 bits per heavy atom. The average molecular weight is 407 g/mol. The molecule has 0 aliphatic rings. The van der Waals surface area contributed by atoms with Gasteiger partial charge in [-0.15, -0.1) is 0 Å². The Kier molecular flexibility index (Phi) is 5.96. The highest BCUT2D eigenvalue weighted by atomic mass is 16.5. The number of methoxy groups -OCH3 is 1. The number of hydrogen-bond acceptors (Lipinski definition) is 6. The summed E-state index contributed by atoms with van der Waals surface area (Å²) in [5.74, 6) is -0.943. The number of hydrazone groups is 1. The number of benzene rings is 2. The highest BCUT2D eigenvalue weighted by molar-refractivity contribution is 6.45. The molecule has 0 fully saturated rings. The van der Waals surface area contributed by atoms with Gasteiger partial charge in [0.05, 0.1) is 12.5 Å². The van der Waals surface area contributed by atoms with Gasteiger partial charge >= 0.3 is 5.97 Å². The lowest BCUT2D eigenvalue weighted by Gasteiger charge is -2.17. The Morgan fingerprint density at radius 3 is 2.57 bits per heavy atom. The van der Waals surface area contributed by atoms with Crippen molar-refractivity contribution < 1.29 is 24.0 Å². The van der Waals surface area contributed by atoms with E-state index in [-0.39, 0.29) is 17.4 Å². The molecule has 3 aromatic rings. The Hall–Kier alpha value is -3.94. The molecule has 0 aliphatic carbocycles. The molecule has 1 aromatic heterocycles. The van der Waals surface area contributed by atoms with E-state index in [1.807, 2.05) is 42.1 Å². The van der Waals surface area contributed by atoms with Crippen molar-refractivity contribution in [3.8, 4) is 5.75 Å². The van der Waals surface area contributed by atoms with Crippen LogP contribution in [0.1, 0.15) is 12.5 Å². The zero-order valence-corrected chi connectivity index (χ0v) is 17.2. The molecule has 0 aliphatic heterocycles. The van der Waals surface area contributed by atoms with Crippen molar-refractivity contribution in [3.63, 3.8) is 0 Å². The molecule has 2 aromatic carbocycles. The predicted octanol–water partition coefficient (Wildman–Crippen LogP) is 2.34. The maximum absolute atomic E-state index is 12.6. The number of carbonyl (C=O) groups is 2. The third-order valence-corrected chi connectivity index (χ3v) is 4.57. The molecule has 8 nitrogen and oxygen atoms in total. The fraction of sp³-hybridized carbons (Fsp3) is 0.182. The second-order valence-electron chi connectivity index (χ2n) is 6.71. The molecule has 154 valence electrons. The minimum atomic E-state index is -0.602. The van der Waals surface area contributed by atoms with Crippen LogP contribution in [0.3, 0.4) is 0 Å². The van der Waals surface area contributed by atoms with Crippen molar-refractivity contribution in [3.05, 3.63) is 60.3 Å². The number of rotatable bonds is 5. The Balaban J connectivity index is 2.08. The van der Waals surface area contributed by atoms with E-state index >= 15 is 0 Å². The lowest BCUT2D eigenvalue weighted by molar-refractivity contribution is -0.644. The number of esters is 1. The second-order valence-corrected chi connectivity index (χ2v) is 6.71. The van der Waals surface area contributed by atoms with Crippen molar-refractivity contribution >= 4 is 39.9 Å². The van der Waals surface area contributed by atoms with Crippen LogP contribution >= 0.6 is 0 Å². The standard InChI is InChI=1S/C22H22N4O4/c1-14(27)23-15-9-10-19(20(28)13-15)26(3)24-21(22(29)30-4)17-11-12-25(2)18-8-6-5-7-16(17)18/h5-13H,1-4H3,(H-,23,24,27,28)/p+1. The molecule has 3 rings (SSSR count). The average Bonchev–Trinajstić information content (AvgIpc) is 2.72. The first-order chi connectivity index (χ1) is 14.3. The number of para-hydroxylation sites is 1. The van der Waals surface area contributed by atoms with Gasteiger partial charge in [0.15, 0.2) is 11.9 Å². The number of aromatic nitrogens is 1. The first-order valence-electron chi connectivity index (χ1n) is 9.21. The van der Waals surface area contributed by atoms with E-state index in [1.54, 1.807) is 25.2 Å². The van der Waals surface area contributed by atoms with Crippen molar-refractivity contribution in [2.75, 3.05) is 24.5 Å². The van der Waals surface area contributed by atoms with Crippen molar-refractivity contribution in [2.24, 2.45) is 12.1 Å². The molecule has 0 atom stereocenters. The van der Waals surface area contributed by atoms with Crippen molar-refractivity contribution in [2.45, 2.75) is 6.92 Å². The normalized spacial score (nSPS) is 11.3. The monoisotopic (exact) mass is 407 g/mol. The summed E-state index contributed by atoms with van der Waals surface area (Å²) in [6, 6.07) is 14.1. The number of amides is 1. The van der Waals surface area contributed by atoms with Crippen LogP contribution in [0, 0.1) is 0 Å². The first kappa shape index (κ1) is 20.8. The Morgan fingerprint density at radius 1 is 1.17 bits per heavy atom. The fourth-order valence-corrected chi connectivity index (χ4v) is 3.16. The van der Waals surface area contributed by atoms with E-state index in [0.29, 0.717) is 16.9 Å². The van der Waals surface area contributed by atoms with Gasteiger partial charge < -0.3 is 15.2 Å². The number of anilines is 2. The summed E-state index contributed by atoms with van der Waals surface area (Å²) in [5.41, 5.74) is 2.45. The number of ether oxygens (including phenoxy) is 1. The Labute approximate surface area is 174 Å². The van der Waals surface area contributed by atoms with Gasteiger partial charge in [0.1, 0.15) is 18.5 Å². The number of phenols is 1. The number of pyridine rings is 1. The van der Waals surface area contributed by atoms with Crippen LogP contribution in [0.4, 0.5) is 11.4 Å². The summed E-state index contributed by atoms with van der Waals surface area (Å²) >= 11 is 0. The van der Waals surface area contributed by atoms with Crippen LogP contribution in [-0.4, -0.2) is 36.9 Å². The van der Waals surface area contributed by atoms with Gasteiger partial charge in [0.25, 0.3) is 0 Å². The minimum Gasteiger partial charge on any atom is -0.506 e. The second kappa shape index (κ2) is 8.60. The third kappa shape index (κ3) is 4.22. The van der Waals surface area contributed by atoms with Gasteiger partial charge in [-0.05, 0) is 18.2 Å². The highest BCUT2D eigenvalue weighted by Gasteiger charge is 2.22. The molecule has 0 unspecified atom stereocenters. The van der Waals surface area contributed by atoms with Gasteiger partial charge in [-0.1, -0.05) is 12.1 Å². The van der Waals surface area contributed by atoms with Crippen LogP contribution < -0.4 is 14.9 Å². The number of phenolic OH excluding ortho intramolecular Hbond substituents is 1. The zero-order valence-electron chi connectivity index (χ0n) is 17.2. The molecule has 1 heterocycles. The topological polar surface area (TPSA) is 95.1 Å². The maximum Gasteiger partial charge on any atom is 0.359 e. The van der Waals surface area contributed by atoms with Crippen molar-refractivity contribution in [1.29, 1.82) is 0 Å². The van der Waals surface area contributed by atoms with Gasteiger partial charge in [-0.25, -0.2) is 9.36 Å². The summed E-state index contributed by atoms with van der Waals surface area (Å²) in [6.07, 6.45) is 1.84. The Bertz CT molecular complexity index is 1160. The van der Waals surface area contributed by atoms with Crippen LogP contribution in [-0.2, 0) is 21.4 Å². The lowest BCUT2D eigenvalue weighted by atomic mass is 10.0. The molecule has 1 amide bonds. The van der Waals surface area contributed by atoms with Gasteiger partial charge in [-0.2, -0.15) is 5.10 Å². The van der Waals surface area contributed by atoms with E-state index in [2.05, 4.69) is 10.4 Å². The molecule has 0 radical (unpaired) electrons. The van der Waals surface area contributed by atoms with E-state index in [9.17, 15) is 14.7 Å². The number of carbonyl (C=O) groups excluding carboxylic acids is 2. The molecular formula is C22H23N4O4+. The molecule has 0 bridgehead atoms. The summed E-state index contributed by atoms with van der Waals surface area (Å²) in [4.78, 5) is 23.8. The van der Waals surface area contributed by atoms with E-state index < -0.39 is 5.97 Å². The van der Waals surface area contributed by atoms with E-state index in [1.165, 1.54) is 25.1 Å². The molecule has 30 heavy (non-hydrogen) atoms. The fourth-order valence-electron chi connectivity index (χ4n) is 3.16. The maximum atomic E-state index is 12.6. The van der Waals surface area contributed by atoms with E-state index in [0.717, 1.165) is 10.9 Å². The van der Waals surface area contributed by atoms with Gasteiger partial charge in [0, 0.05) is 43.4 Å². The molecule has 0 saturated heterocycles. The third-order valence-electron chi connectivity index (χ3n) is 4.57. The predicted molar refractivity (Wildman–Crippen MR) is 114 cm³/mol. The number of nitrogens with one attached hydrogen (secondary N) is 1.